The number of hydrogen-bond donors (Lipinski definition) is 2. The third-order valence-electron chi connectivity index (χ3n) is 5.78. The number of aromatic nitrogens is 2. The fraction of sp³-hybridized carbons (Fsp3) is 0.320. The van der Waals surface area contributed by atoms with Gasteiger partial charge in [0, 0.05) is 12.0 Å². The number of sulfone groups is 1. The van der Waals surface area contributed by atoms with Gasteiger partial charge in [0.05, 0.1) is 43.2 Å². The lowest BCUT2D eigenvalue weighted by Crippen LogP contribution is -2.18. The van der Waals surface area contributed by atoms with Gasteiger partial charge in [0.15, 0.2) is 11.5 Å². The first-order chi connectivity index (χ1) is 19.6. The Bertz CT molecular complexity index is 1640. The van der Waals surface area contributed by atoms with Crippen molar-refractivity contribution in [2.24, 2.45) is 5.73 Å². The third-order valence-corrected chi connectivity index (χ3v) is 8.57. The molecular formula is C25H25F3N4O8S2. The Morgan fingerprint density at radius 2 is 1.71 bits per heavy atom. The molecule has 0 aliphatic heterocycles. The van der Waals surface area contributed by atoms with E-state index in [0.29, 0.717) is 11.8 Å². The average Bonchev–Trinajstić information content (AvgIpc) is 3.26. The number of benzene rings is 1. The third kappa shape index (κ3) is 7.14. The number of halogens is 3. The van der Waals surface area contributed by atoms with Crippen molar-refractivity contribution in [3.05, 3.63) is 46.0 Å². The van der Waals surface area contributed by atoms with Gasteiger partial charge >= 0.3 is 12.1 Å². The van der Waals surface area contributed by atoms with E-state index in [4.69, 9.17) is 15.2 Å². The van der Waals surface area contributed by atoms with E-state index in [9.17, 15) is 36.0 Å². The molecule has 0 unspecified atom stereocenters. The average molecular weight is 631 g/mol. The summed E-state index contributed by atoms with van der Waals surface area (Å²) in [5.41, 5.74) is 3.72. The second-order valence-electron chi connectivity index (χ2n) is 8.58. The lowest BCUT2D eigenvalue weighted by atomic mass is 10.1. The number of amides is 2. The predicted molar refractivity (Wildman–Crippen MR) is 144 cm³/mol. The molecule has 2 heterocycles. The van der Waals surface area contributed by atoms with Crippen LogP contribution in [-0.2, 0) is 25.5 Å². The first-order valence-corrected chi connectivity index (χ1v) is 14.3. The van der Waals surface area contributed by atoms with Crippen molar-refractivity contribution in [2.75, 3.05) is 32.4 Å². The smallest absolute Gasteiger partial charge is 0.433 e. The van der Waals surface area contributed by atoms with E-state index in [-0.39, 0.29) is 44.4 Å². The predicted octanol–water partition coefficient (Wildman–Crippen LogP) is 3.63. The van der Waals surface area contributed by atoms with Gasteiger partial charge in [0.25, 0.3) is 5.91 Å². The largest absolute Gasteiger partial charge is 0.493 e. The molecule has 0 saturated carbocycles. The van der Waals surface area contributed by atoms with Gasteiger partial charge in [0.2, 0.25) is 20.9 Å². The number of primary amides is 1. The second-order valence-corrected chi connectivity index (χ2v) is 11.6. The van der Waals surface area contributed by atoms with Gasteiger partial charge in [-0.05, 0) is 43.2 Å². The van der Waals surface area contributed by atoms with Crippen LogP contribution in [0.3, 0.4) is 0 Å². The van der Waals surface area contributed by atoms with Crippen LogP contribution in [0, 0.1) is 6.92 Å². The van der Waals surface area contributed by atoms with Gasteiger partial charge in [-0.15, -0.1) is 11.3 Å². The molecule has 3 aromatic rings. The van der Waals surface area contributed by atoms with Crippen LogP contribution in [0.15, 0.2) is 29.4 Å². The normalized spacial score (nSPS) is 11.6. The monoisotopic (exact) mass is 630 g/mol. The van der Waals surface area contributed by atoms with Crippen LogP contribution in [0.2, 0.25) is 0 Å². The Hall–Kier alpha value is -4.25. The summed E-state index contributed by atoms with van der Waals surface area (Å²) >= 11 is 0.741. The van der Waals surface area contributed by atoms with E-state index >= 15 is 0 Å². The number of nitrogens with one attached hydrogen (secondary N) is 1. The van der Waals surface area contributed by atoms with Gasteiger partial charge in [0.1, 0.15) is 10.7 Å². The molecule has 0 radical (unpaired) electrons. The van der Waals surface area contributed by atoms with Gasteiger partial charge in [-0.3, -0.25) is 9.59 Å². The van der Waals surface area contributed by atoms with Crippen molar-refractivity contribution in [3.8, 4) is 22.8 Å². The number of methoxy groups -OCH3 is 3. The molecule has 17 heteroatoms. The molecule has 2 aromatic heterocycles. The highest BCUT2D eigenvalue weighted by Gasteiger charge is 2.35. The van der Waals surface area contributed by atoms with Crippen LogP contribution in [0.5, 0.6) is 11.5 Å². The first kappa shape index (κ1) is 32.3. The molecule has 0 fully saturated rings. The Morgan fingerprint density at radius 3 is 2.29 bits per heavy atom. The Balaban J connectivity index is 1.84. The molecule has 42 heavy (non-hydrogen) atoms. The molecule has 0 spiro atoms. The molecule has 1 aromatic carbocycles. The minimum Gasteiger partial charge on any atom is -0.493 e. The quantitative estimate of drug-likeness (QED) is 0.235. The highest BCUT2D eigenvalue weighted by Crippen LogP contribution is 2.36. The summed E-state index contributed by atoms with van der Waals surface area (Å²) in [6.07, 6.45) is -5.73. The molecule has 226 valence electrons. The summed E-state index contributed by atoms with van der Waals surface area (Å²) in [7, 11) is -0.709. The Kier molecular flexibility index (Phi) is 9.78. The van der Waals surface area contributed by atoms with E-state index in [1.807, 2.05) is 0 Å². The number of esters is 1. The maximum atomic E-state index is 13.6. The van der Waals surface area contributed by atoms with Crippen molar-refractivity contribution in [3.63, 3.8) is 0 Å². The fourth-order valence-electron chi connectivity index (χ4n) is 3.74. The Labute approximate surface area is 241 Å². The van der Waals surface area contributed by atoms with Crippen LogP contribution >= 0.6 is 11.3 Å². The number of carbonyl (C=O) groups is 3. The van der Waals surface area contributed by atoms with E-state index in [0.717, 1.165) is 18.4 Å². The number of ether oxygens (including phenoxy) is 3. The summed E-state index contributed by atoms with van der Waals surface area (Å²) in [6.45, 7) is 1.44. The molecule has 0 aliphatic rings. The van der Waals surface area contributed by atoms with Crippen molar-refractivity contribution in [1.82, 2.24) is 9.97 Å². The van der Waals surface area contributed by atoms with E-state index in [1.165, 1.54) is 39.3 Å². The molecule has 3 N–H and O–H groups in total. The van der Waals surface area contributed by atoms with Gasteiger partial charge in [-0.25, -0.2) is 23.2 Å². The minimum absolute atomic E-state index is 0.0141. The van der Waals surface area contributed by atoms with Gasteiger partial charge in [-0.2, -0.15) is 13.2 Å². The summed E-state index contributed by atoms with van der Waals surface area (Å²) in [5, 5.41) is 1.32. The number of nitrogens with two attached hydrogens (primary N) is 1. The standard InChI is InChI=1S/C25H25F3N4O8S2/c1-12-19(23(35)40-4)22(41-20(12)21(29)34)32-18(33)6-5-9-42(36,37)24-30-14(11-17(31-24)25(26,27)28)13-7-8-15(38-2)16(10-13)39-3/h7-8,10-11H,5-6,9H2,1-4H3,(H2,29,34)(H,32,33). The number of carbonyl (C=O) groups excluding carboxylic acids is 3. The molecular weight excluding hydrogens is 605 g/mol. The Morgan fingerprint density at radius 1 is 1.05 bits per heavy atom. The molecule has 0 saturated heterocycles. The minimum atomic E-state index is -4.99. The van der Waals surface area contributed by atoms with Crippen molar-refractivity contribution in [2.45, 2.75) is 31.1 Å². The number of hydrogen-bond acceptors (Lipinski definition) is 11. The van der Waals surface area contributed by atoms with Gasteiger partial charge in [-0.1, -0.05) is 0 Å². The number of nitrogens with zero attached hydrogens (tertiary/aromatic N) is 2. The van der Waals surface area contributed by atoms with Gasteiger partial charge < -0.3 is 25.3 Å². The maximum Gasteiger partial charge on any atom is 0.433 e. The van der Waals surface area contributed by atoms with Crippen LogP contribution in [-0.4, -0.2) is 63.3 Å². The number of thiophene rings is 1. The fourth-order valence-corrected chi connectivity index (χ4v) is 5.99. The maximum absolute atomic E-state index is 13.6. The zero-order chi connectivity index (χ0) is 31.4. The van der Waals surface area contributed by atoms with Crippen molar-refractivity contribution in [1.29, 1.82) is 0 Å². The zero-order valence-corrected chi connectivity index (χ0v) is 24.3. The van der Waals surface area contributed by atoms with Crippen LogP contribution in [0.4, 0.5) is 18.2 Å². The topological polar surface area (TPSA) is 177 Å². The molecule has 3 rings (SSSR count). The van der Waals surface area contributed by atoms with E-state index in [1.54, 1.807) is 0 Å². The summed E-state index contributed by atoms with van der Waals surface area (Å²) in [4.78, 5) is 43.5. The van der Waals surface area contributed by atoms with E-state index in [2.05, 4.69) is 20.0 Å². The SMILES string of the molecule is COC(=O)c1c(NC(=O)CCCS(=O)(=O)c2nc(-c3ccc(OC)c(OC)c3)cc(C(F)(F)F)n2)sc(C(N)=O)c1C. The van der Waals surface area contributed by atoms with Crippen LogP contribution in [0.25, 0.3) is 11.3 Å². The second kappa shape index (κ2) is 12.7. The van der Waals surface area contributed by atoms with Crippen molar-refractivity contribution >= 4 is 44.0 Å². The van der Waals surface area contributed by atoms with E-state index < -0.39 is 56.8 Å². The lowest BCUT2D eigenvalue weighted by Gasteiger charge is -2.13. The van der Waals surface area contributed by atoms with Crippen LogP contribution in [0.1, 0.15) is 44.1 Å². The lowest BCUT2D eigenvalue weighted by molar-refractivity contribution is -0.141. The molecule has 0 atom stereocenters. The zero-order valence-electron chi connectivity index (χ0n) is 22.6. The molecule has 2 amide bonds. The number of rotatable bonds is 11. The van der Waals surface area contributed by atoms with Crippen molar-refractivity contribution < 1.29 is 50.2 Å². The summed E-state index contributed by atoms with van der Waals surface area (Å²) < 4.78 is 81.8. The highest BCUT2D eigenvalue weighted by atomic mass is 32.2. The number of alkyl halides is 3. The van der Waals surface area contributed by atoms with Crippen LogP contribution < -0.4 is 20.5 Å². The molecule has 12 nitrogen and oxygen atoms in total. The summed E-state index contributed by atoms with van der Waals surface area (Å²) in [6, 6.07) is 4.74. The first-order valence-electron chi connectivity index (χ1n) is 11.9. The molecule has 0 bridgehead atoms. The summed E-state index contributed by atoms with van der Waals surface area (Å²) in [5.74, 6) is -2.70. The molecule has 0 aliphatic carbocycles. The number of anilines is 1. The highest BCUT2D eigenvalue weighted by molar-refractivity contribution is 7.91.